The van der Waals surface area contributed by atoms with Crippen molar-refractivity contribution in [1.29, 1.82) is 0 Å². The van der Waals surface area contributed by atoms with Crippen LogP contribution in [0.5, 0.6) is 0 Å². The molecule has 17 heavy (non-hydrogen) atoms. The van der Waals surface area contributed by atoms with E-state index in [2.05, 4.69) is 16.8 Å². The molecule has 1 aliphatic carbocycles. The molecule has 2 aliphatic rings. The Morgan fingerprint density at radius 1 is 1.41 bits per heavy atom. The molecule has 3 nitrogen and oxygen atoms in total. The van der Waals surface area contributed by atoms with Crippen molar-refractivity contribution < 1.29 is 5.11 Å². The van der Waals surface area contributed by atoms with E-state index >= 15 is 0 Å². The van der Waals surface area contributed by atoms with Crippen LogP contribution in [0.2, 0.25) is 0 Å². The molecule has 0 radical (unpaired) electrons. The SMILES string of the molecule is Cc1cnc(C2(O)CCC(N3CCC3)CC2)s1. The van der Waals surface area contributed by atoms with Crippen LogP contribution < -0.4 is 0 Å². The zero-order chi connectivity index (χ0) is 11.9. The second-order valence-corrected chi connectivity index (χ2v) is 6.66. The van der Waals surface area contributed by atoms with Crippen molar-refractivity contribution in [1.82, 2.24) is 9.88 Å². The van der Waals surface area contributed by atoms with Crippen molar-refractivity contribution in [2.45, 2.75) is 50.7 Å². The lowest BCUT2D eigenvalue weighted by molar-refractivity contribution is -0.0345. The fourth-order valence-corrected chi connectivity index (χ4v) is 3.84. The minimum Gasteiger partial charge on any atom is -0.383 e. The largest absolute Gasteiger partial charge is 0.383 e. The smallest absolute Gasteiger partial charge is 0.125 e. The highest BCUT2D eigenvalue weighted by Gasteiger charge is 2.39. The summed E-state index contributed by atoms with van der Waals surface area (Å²) in [5.74, 6) is 0. The van der Waals surface area contributed by atoms with Crippen molar-refractivity contribution >= 4 is 11.3 Å². The van der Waals surface area contributed by atoms with E-state index in [9.17, 15) is 5.11 Å². The van der Waals surface area contributed by atoms with Gasteiger partial charge in [0.1, 0.15) is 10.6 Å². The number of rotatable bonds is 2. The highest BCUT2D eigenvalue weighted by molar-refractivity contribution is 7.11. The number of aliphatic hydroxyl groups is 1. The summed E-state index contributed by atoms with van der Waals surface area (Å²) in [7, 11) is 0. The average molecular weight is 252 g/mol. The number of aryl methyl sites for hydroxylation is 1. The summed E-state index contributed by atoms with van der Waals surface area (Å²) in [6, 6.07) is 0.713. The molecule has 1 aliphatic heterocycles. The van der Waals surface area contributed by atoms with Crippen molar-refractivity contribution in [2.24, 2.45) is 0 Å². The van der Waals surface area contributed by atoms with Crippen LogP contribution in [-0.2, 0) is 5.60 Å². The number of hydrogen-bond donors (Lipinski definition) is 1. The lowest BCUT2D eigenvalue weighted by Gasteiger charge is -2.44. The van der Waals surface area contributed by atoms with Gasteiger partial charge in [0, 0.05) is 17.1 Å². The molecule has 0 aromatic carbocycles. The summed E-state index contributed by atoms with van der Waals surface area (Å²) in [6.45, 7) is 4.58. The lowest BCUT2D eigenvalue weighted by atomic mass is 9.81. The molecule has 2 heterocycles. The molecule has 1 aromatic heterocycles. The van der Waals surface area contributed by atoms with E-state index in [0.717, 1.165) is 30.7 Å². The first kappa shape index (κ1) is 11.6. The maximum absolute atomic E-state index is 10.7. The molecule has 3 rings (SSSR count). The Balaban J connectivity index is 1.66. The van der Waals surface area contributed by atoms with E-state index in [1.165, 1.54) is 24.4 Å². The van der Waals surface area contributed by atoms with Gasteiger partial charge < -0.3 is 10.0 Å². The monoisotopic (exact) mass is 252 g/mol. The Morgan fingerprint density at radius 2 is 2.12 bits per heavy atom. The molecule has 0 spiro atoms. The first-order valence-corrected chi connectivity index (χ1v) is 7.38. The molecule has 2 fully saturated rings. The fourth-order valence-electron chi connectivity index (χ4n) is 2.93. The Labute approximate surface area is 106 Å². The number of likely N-dealkylation sites (tertiary alicyclic amines) is 1. The number of nitrogens with zero attached hydrogens (tertiary/aromatic N) is 2. The topological polar surface area (TPSA) is 36.4 Å². The fraction of sp³-hybridized carbons (Fsp3) is 0.769. The van der Waals surface area contributed by atoms with E-state index in [1.54, 1.807) is 11.3 Å². The van der Waals surface area contributed by atoms with Gasteiger partial charge in [0.25, 0.3) is 0 Å². The standard InChI is InChI=1S/C13H20N2OS/c1-10-9-14-12(17-10)13(16)5-3-11(4-6-13)15-7-2-8-15/h9,11,16H,2-8H2,1H3. The van der Waals surface area contributed by atoms with Gasteiger partial charge in [-0.2, -0.15) is 0 Å². The Morgan fingerprint density at radius 3 is 2.59 bits per heavy atom. The normalized spacial score (nSPS) is 34.6. The van der Waals surface area contributed by atoms with Crippen LogP contribution in [0.15, 0.2) is 6.20 Å². The summed E-state index contributed by atoms with van der Waals surface area (Å²) in [6.07, 6.45) is 7.22. The molecule has 0 amide bonds. The quantitative estimate of drug-likeness (QED) is 0.877. The van der Waals surface area contributed by atoms with Crippen LogP contribution in [0.1, 0.15) is 42.0 Å². The van der Waals surface area contributed by atoms with Gasteiger partial charge in [0.05, 0.1) is 0 Å². The molecule has 1 saturated carbocycles. The molecule has 94 valence electrons. The van der Waals surface area contributed by atoms with Crippen molar-refractivity contribution in [3.8, 4) is 0 Å². The van der Waals surface area contributed by atoms with Crippen LogP contribution in [-0.4, -0.2) is 34.1 Å². The Bertz CT molecular complexity index is 392. The lowest BCUT2D eigenvalue weighted by Crippen LogP contribution is -2.48. The predicted octanol–water partition coefficient (Wildman–Crippen LogP) is 2.29. The van der Waals surface area contributed by atoms with Crippen LogP contribution >= 0.6 is 11.3 Å². The first-order valence-electron chi connectivity index (χ1n) is 6.57. The maximum atomic E-state index is 10.7. The molecule has 1 saturated heterocycles. The van der Waals surface area contributed by atoms with Gasteiger partial charge in [-0.3, -0.25) is 0 Å². The van der Waals surface area contributed by atoms with Gasteiger partial charge >= 0.3 is 0 Å². The van der Waals surface area contributed by atoms with E-state index in [-0.39, 0.29) is 0 Å². The van der Waals surface area contributed by atoms with E-state index in [4.69, 9.17) is 0 Å². The zero-order valence-electron chi connectivity index (χ0n) is 10.4. The number of aromatic nitrogens is 1. The second-order valence-electron chi connectivity index (χ2n) is 5.43. The third-order valence-electron chi connectivity index (χ3n) is 4.21. The van der Waals surface area contributed by atoms with Gasteiger partial charge in [-0.25, -0.2) is 4.98 Å². The highest BCUT2D eigenvalue weighted by Crippen LogP contribution is 2.40. The van der Waals surface area contributed by atoms with Crippen molar-refractivity contribution in [3.05, 3.63) is 16.1 Å². The summed E-state index contributed by atoms with van der Waals surface area (Å²) in [5.41, 5.74) is -0.639. The van der Waals surface area contributed by atoms with Crippen molar-refractivity contribution in [3.63, 3.8) is 0 Å². The van der Waals surface area contributed by atoms with Gasteiger partial charge in [0.2, 0.25) is 0 Å². The Kier molecular flexibility index (Phi) is 2.97. The first-order chi connectivity index (χ1) is 8.17. The zero-order valence-corrected chi connectivity index (χ0v) is 11.2. The summed E-state index contributed by atoms with van der Waals surface area (Å²) < 4.78 is 0. The second kappa shape index (κ2) is 4.34. The third kappa shape index (κ3) is 2.14. The molecule has 4 heteroatoms. The van der Waals surface area contributed by atoms with Gasteiger partial charge in [0.15, 0.2) is 0 Å². The third-order valence-corrected chi connectivity index (χ3v) is 5.31. The highest BCUT2D eigenvalue weighted by atomic mass is 32.1. The van der Waals surface area contributed by atoms with Crippen LogP contribution in [0.25, 0.3) is 0 Å². The van der Waals surface area contributed by atoms with Crippen molar-refractivity contribution in [2.75, 3.05) is 13.1 Å². The molecule has 1 aromatic rings. The summed E-state index contributed by atoms with van der Waals surface area (Å²) >= 11 is 1.65. The van der Waals surface area contributed by atoms with E-state index < -0.39 is 5.60 Å². The molecule has 0 atom stereocenters. The van der Waals surface area contributed by atoms with Gasteiger partial charge in [-0.15, -0.1) is 11.3 Å². The van der Waals surface area contributed by atoms with E-state index in [0.29, 0.717) is 6.04 Å². The Hall–Kier alpha value is -0.450. The summed E-state index contributed by atoms with van der Waals surface area (Å²) in [5, 5.41) is 11.6. The molecule has 1 N–H and O–H groups in total. The van der Waals surface area contributed by atoms with Gasteiger partial charge in [-0.05, 0) is 52.1 Å². The van der Waals surface area contributed by atoms with Crippen LogP contribution in [0.3, 0.4) is 0 Å². The van der Waals surface area contributed by atoms with Gasteiger partial charge in [-0.1, -0.05) is 0 Å². The molecule has 0 unspecified atom stereocenters. The van der Waals surface area contributed by atoms with E-state index in [1.807, 2.05) is 6.20 Å². The minimum absolute atomic E-state index is 0.639. The van der Waals surface area contributed by atoms with Crippen LogP contribution in [0, 0.1) is 6.92 Å². The number of thiazole rings is 1. The predicted molar refractivity (Wildman–Crippen MR) is 69.2 cm³/mol. The molecular formula is C13H20N2OS. The maximum Gasteiger partial charge on any atom is 0.125 e. The minimum atomic E-state index is -0.639. The summed E-state index contributed by atoms with van der Waals surface area (Å²) in [4.78, 5) is 8.13. The average Bonchev–Trinajstić information content (AvgIpc) is 2.67. The molecule has 0 bridgehead atoms. The molecular weight excluding hydrogens is 232 g/mol. The number of hydrogen-bond acceptors (Lipinski definition) is 4. The van der Waals surface area contributed by atoms with Crippen LogP contribution in [0.4, 0.5) is 0 Å².